The van der Waals surface area contributed by atoms with Crippen molar-refractivity contribution >= 4 is 28.9 Å². The number of carbonyl (C=O) groups is 1. The Labute approximate surface area is 106 Å². The van der Waals surface area contributed by atoms with Gasteiger partial charge in [0.15, 0.2) is 0 Å². The van der Waals surface area contributed by atoms with Gasteiger partial charge in [0.2, 0.25) is 0 Å². The van der Waals surface area contributed by atoms with E-state index in [4.69, 9.17) is 0 Å². The van der Waals surface area contributed by atoms with Gasteiger partial charge in [0.05, 0.1) is 0 Å². The molecule has 1 nitrogen and oxygen atoms in total. The van der Waals surface area contributed by atoms with Crippen molar-refractivity contribution in [3.63, 3.8) is 0 Å². The molecule has 0 bridgehead atoms. The highest BCUT2D eigenvalue weighted by molar-refractivity contribution is 14.1. The second-order valence-electron chi connectivity index (χ2n) is 3.40. The molecule has 0 aromatic heterocycles. The molecule has 0 aliphatic carbocycles. The number of rotatable bonds is 2. The minimum absolute atomic E-state index is 0.259. The van der Waals surface area contributed by atoms with Gasteiger partial charge >= 0.3 is 0 Å². The van der Waals surface area contributed by atoms with Crippen LogP contribution in [0, 0.1) is 9.39 Å². The van der Waals surface area contributed by atoms with E-state index in [2.05, 4.69) is 22.6 Å². The van der Waals surface area contributed by atoms with E-state index in [1.807, 2.05) is 6.07 Å². The summed E-state index contributed by atoms with van der Waals surface area (Å²) in [6.07, 6.45) is 0.815. The summed E-state index contributed by atoms with van der Waals surface area (Å²) in [4.78, 5) is 10.7. The summed E-state index contributed by atoms with van der Waals surface area (Å²) in [6, 6.07) is 11.8. The lowest BCUT2D eigenvalue weighted by molar-refractivity contribution is 0.112. The normalized spacial score (nSPS) is 10.1. The van der Waals surface area contributed by atoms with Crippen molar-refractivity contribution in [3.05, 3.63) is 57.4 Å². The smallest absolute Gasteiger partial charge is 0.150 e. The first-order valence-corrected chi connectivity index (χ1v) is 5.78. The van der Waals surface area contributed by atoms with Crippen molar-refractivity contribution < 1.29 is 9.18 Å². The standard InChI is InChI=1S/C13H8FIO/c14-12-3-1-10(2-4-12)11-5-9(8-16)6-13(15)7-11/h1-8H. The minimum atomic E-state index is -0.259. The lowest BCUT2D eigenvalue weighted by atomic mass is 10.0. The maximum absolute atomic E-state index is 12.8. The first-order valence-electron chi connectivity index (χ1n) is 4.71. The Bertz CT molecular complexity index is 520. The summed E-state index contributed by atoms with van der Waals surface area (Å²) < 4.78 is 13.8. The SMILES string of the molecule is O=Cc1cc(I)cc(-c2ccc(F)cc2)c1. The molecule has 16 heavy (non-hydrogen) atoms. The molecule has 0 heterocycles. The van der Waals surface area contributed by atoms with Crippen molar-refractivity contribution in [1.82, 2.24) is 0 Å². The third-order valence-corrected chi connectivity index (χ3v) is 2.86. The van der Waals surface area contributed by atoms with E-state index in [1.165, 1.54) is 12.1 Å². The first-order chi connectivity index (χ1) is 7.69. The maximum atomic E-state index is 12.8. The highest BCUT2D eigenvalue weighted by Gasteiger charge is 2.01. The fraction of sp³-hybridized carbons (Fsp3) is 0. The van der Waals surface area contributed by atoms with E-state index < -0.39 is 0 Å². The zero-order valence-electron chi connectivity index (χ0n) is 8.28. The van der Waals surface area contributed by atoms with E-state index in [1.54, 1.807) is 24.3 Å². The average molecular weight is 326 g/mol. The number of aldehydes is 1. The van der Waals surface area contributed by atoms with Crippen LogP contribution >= 0.6 is 22.6 Å². The monoisotopic (exact) mass is 326 g/mol. The van der Waals surface area contributed by atoms with Gasteiger partial charge in [-0.15, -0.1) is 0 Å². The van der Waals surface area contributed by atoms with Crippen LogP contribution in [0.25, 0.3) is 11.1 Å². The van der Waals surface area contributed by atoms with Crippen LogP contribution in [0.1, 0.15) is 10.4 Å². The Hall–Kier alpha value is -1.23. The number of hydrogen-bond acceptors (Lipinski definition) is 1. The van der Waals surface area contributed by atoms with Crippen LogP contribution < -0.4 is 0 Å². The molecule has 0 unspecified atom stereocenters. The Balaban J connectivity index is 2.51. The third kappa shape index (κ3) is 2.47. The van der Waals surface area contributed by atoms with E-state index in [-0.39, 0.29) is 5.82 Å². The second kappa shape index (κ2) is 4.74. The number of hydrogen-bond donors (Lipinski definition) is 0. The van der Waals surface area contributed by atoms with Gasteiger partial charge in [0, 0.05) is 9.13 Å². The van der Waals surface area contributed by atoms with Gasteiger partial charge in [-0.05, 0) is 64.0 Å². The van der Waals surface area contributed by atoms with Crippen molar-refractivity contribution in [2.75, 3.05) is 0 Å². The predicted molar refractivity (Wildman–Crippen MR) is 69.9 cm³/mol. The summed E-state index contributed by atoms with van der Waals surface area (Å²) in [5.74, 6) is -0.259. The molecule has 80 valence electrons. The summed E-state index contributed by atoms with van der Waals surface area (Å²) in [6.45, 7) is 0. The summed E-state index contributed by atoms with van der Waals surface area (Å²) >= 11 is 2.15. The molecule has 2 aromatic carbocycles. The molecule has 0 spiro atoms. The fourth-order valence-electron chi connectivity index (χ4n) is 1.49. The predicted octanol–water partition coefficient (Wildman–Crippen LogP) is 3.91. The summed E-state index contributed by atoms with van der Waals surface area (Å²) in [7, 11) is 0. The van der Waals surface area contributed by atoms with Crippen LogP contribution in [-0.2, 0) is 0 Å². The van der Waals surface area contributed by atoms with E-state index in [0.29, 0.717) is 5.56 Å². The Morgan fingerprint density at radius 2 is 1.69 bits per heavy atom. The van der Waals surface area contributed by atoms with Crippen LogP contribution in [0.3, 0.4) is 0 Å². The number of halogens is 2. The molecule has 0 saturated heterocycles. The molecule has 0 fully saturated rings. The highest BCUT2D eigenvalue weighted by Crippen LogP contribution is 2.23. The maximum Gasteiger partial charge on any atom is 0.150 e. The van der Waals surface area contributed by atoms with Crippen LogP contribution in [0.5, 0.6) is 0 Å². The van der Waals surface area contributed by atoms with Gasteiger partial charge in [-0.2, -0.15) is 0 Å². The summed E-state index contributed by atoms with van der Waals surface area (Å²) in [5, 5.41) is 0. The van der Waals surface area contributed by atoms with Crippen LogP contribution in [-0.4, -0.2) is 6.29 Å². The molecule has 0 atom stereocenters. The molecule has 0 aliphatic rings. The van der Waals surface area contributed by atoms with Gasteiger partial charge in [0.25, 0.3) is 0 Å². The van der Waals surface area contributed by atoms with Gasteiger partial charge in [-0.25, -0.2) is 4.39 Å². The van der Waals surface area contributed by atoms with Gasteiger partial charge in [-0.3, -0.25) is 4.79 Å². The van der Waals surface area contributed by atoms with Gasteiger partial charge < -0.3 is 0 Å². The van der Waals surface area contributed by atoms with Crippen molar-refractivity contribution in [1.29, 1.82) is 0 Å². The molecule has 0 aliphatic heterocycles. The molecule has 2 rings (SSSR count). The number of benzene rings is 2. The van der Waals surface area contributed by atoms with E-state index >= 15 is 0 Å². The lowest BCUT2D eigenvalue weighted by Crippen LogP contribution is -1.86. The topological polar surface area (TPSA) is 17.1 Å². The largest absolute Gasteiger partial charge is 0.298 e. The van der Waals surface area contributed by atoms with Crippen LogP contribution in [0.2, 0.25) is 0 Å². The average Bonchev–Trinajstić information content (AvgIpc) is 2.29. The quantitative estimate of drug-likeness (QED) is 0.604. The molecule has 0 radical (unpaired) electrons. The Kier molecular flexibility index (Phi) is 3.33. The molecule has 2 aromatic rings. The first kappa shape index (κ1) is 11.3. The Morgan fingerprint density at radius 1 is 1.00 bits per heavy atom. The van der Waals surface area contributed by atoms with Crippen molar-refractivity contribution in [2.45, 2.75) is 0 Å². The molecule has 0 N–H and O–H groups in total. The fourth-order valence-corrected chi connectivity index (χ4v) is 2.18. The molecule has 0 saturated carbocycles. The second-order valence-corrected chi connectivity index (χ2v) is 4.64. The zero-order chi connectivity index (χ0) is 11.5. The van der Waals surface area contributed by atoms with Crippen LogP contribution in [0.4, 0.5) is 4.39 Å². The Morgan fingerprint density at radius 3 is 2.31 bits per heavy atom. The van der Waals surface area contributed by atoms with Crippen LogP contribution in [0.15, 0.2) is 42.5 Å². The van der Waals surface area contributed by atoms with Crippen molar-refractivity contribution in [3.8, 4) is 11.1 Å². The van der Waals surface area contributed by atoms with E-state index in [0.717, 1.165) is 21.0 Å². The lowest BCUT2D eigenvalue weighted by Gasteiger charge is -2.03. The highest BCUT2D eigenvalue weighted by atomic mass is 127. The van der Waals surface area contributed by atoms with Gasteiger partial charge in [-0.1, -0.05) is 12.1 Å². The van der Waals surface area contributed by atoms with E-state index in [9.17, 15) is 9.18 Å². The third-order valence-electron chi connectivity index (χ3n) is 2.23. The minimum Gasteiger partial charge on any atom is -0.298 e. The molecule has 0 amide bonds. The molecule has 3 heteroatoms. The molecular formula is C13H8FIO. The zero-order valence-corrected chi connectivity index (χ0v) is 10.4. The molecular weight excluding hydrogens is 318 g/mol. The van der Waals surface area contributed by atoms with Gasteiger partial charge in [0.1, 0.15) is 12.1 Å². The number of carbonyl (C=O) groups excluding carboxylic acids is 1. The summed E-state index contributed by atoms with van der Waals surface area (Å²) in [5.41, 5.74) is 2.46. The van der Waals surface area contributed by atoms with Crippen molar-refractivity contribution in [2.24, 2.45) is 0 Å².